The van der Waals surface area contributed by atoms with Gasteiger partial charge in [-0.3, -0.25) is 4.84 Å². The van der Waals surface area contributed by atoms with Crippen LogP contribution in [0, 0.1) is 0 Å². The summed E-state index contributed by atoms with van der Waals surface area (Å²) in [7, 11) is 2.82. The molecule has 1 heterocycles. The van der Waals surface area contributed by atoms with E-state index in [4.69, 9.17) is 4.84 Å². The summed E-state index contributed by atoms with van der Waals surface area (Å²) in [6, 6.07) is 0. The van der Waals surface area contributed by atoms with Crippen molar-refractivity contribution in [2.24, 2.45) is 0 Å². The van der Waals surface area contributed by atoms with E-state index in [1.165, 1.54) is 5.23 Å². The SMILES string of the molecule is [Si]ON1CCCO1. The normalized spacial score (nSPS) is 23.6. The zero-order chi connectivity index (χ0) is 5.11. The molecular weight excluding hydrogens is 110 g/mol. The van der Waals surface area contributed by atoms with Crippen LogP contribution in [0.5, 0.6) is 0 Å². The summed E-state index contributed by atoms with van der Waals surface area (Å²) in [6.45, 7) is 1.62. The quantitative estimate of drug-likeness (QED) is 0.437. The zero-order valence-corrected chi connectivity index (χ0v) is 4.89. The Hall–Kier alpha value is 0.0969. The van der Waals surface area contributed by atoms with Crippen molar-refractivity contribution in [3.8, 4) is 0 Å². The maximum Gasteiger partial charge on any atom is 0.284 e. The second kappa shape index (κ2) is 2.42. The fourth-order valence-electron chi connectivity index (χ4n) is 0.497. The molecule has 1 fully saturated rings. The van der Waals surface area contributed by atoms with Crippen molar-refractivity contribution in [1.29, 1.82) is 0 Å². The van der Waals surface area contributed by atoms with Gasteiger partial charge in [0, 0.05) is 0 Å². The van der Waals surface area contributed by atoms with Crippen molar-refractivity contribution in [1.82, 2.24) is 5.23 Å². The molecule has 0 aliphatic carbocycles. The third kappa shape index (κ3) is 1.24. The minimum Gasteiger partial charge on any atom is -0.323 e. The maximum absolute atomic E-state index is 4.86. The molecule has 0 N–H and O–H groups in total. The highest BCUT2D eigenvalue weighted by Gasteiger charge is 2.09. The summed E-state index contributed by atoms with van der Waals surface area (Å²) in [5, 5.41) is 1.40. The maximum atomic E-state index is 4.86. The zero-order valence-electron chi connectivity index (χ0n) is 3.89. The van der Waals surface area contributed by atoms with E-state index in [1.807, 2.05) is 0 Å². The molecule has 3 radical (unpaired) electrons. The molecule has 4 heteroatoms. The highest BCUT2D eigenvalue weighted by molar-refractivity contribution is 5.97. The molecule has 0 aromatic carbocycles. The first-order valence-corrected chi connectivity index (χ1v) is 2.58. The molecule has 1 rings (SSSR count). The molecule has 0 unspecified atom stereocenters. The molecule has 0 aromatic rings. The van der Waals surface area contributed by atoms with Gasteiger partial charge in [-0.15, -0.1) is 0 Å². The average molecular weight is 116 g/mol. The van der Waals surface area contributed by atoms with Crippen molar-refractivity contribution < 1.29 is 9.36 Å². The number of nitrogens with zero attached hydrogens (tertiary/aromatic N) is 1. The topological polar surface area (TPSA) is 21.7 Å². The lowest BCUT2D eigenvalue weighted by atomic mass is 10.5. The van der Waals surface area contributed by atoms with E-state index in [1.54, 1.807) is 0 Å². The first-order chi connectivity index (χ1) is 3.43. The molecule has 1 aliphatic heterocycles. The van der Waals surface area contributed by atoms with E-state index >= 15 is 0 Å². The van der Waals surface area contributed by atoms with Gasteiger partial charge in [0.1, 0.15) is 0 Å². The predicted octanol–water partition coefficient (Wildman–Crippen LogP) is -0.361. The molecule has 0 spiro atoms. The fourth-order valence-corrected chi connectivity index (χ4v) is 0.641. The second-order valence-electron chi connectivity index (χ2n) is 1.33. The van der Waals surface area contributed by atoms with Gasteiger partial charge in [0.15, 0.2) is 0 Å². The Balaban J connectivity index is 2.14. The summed E-state index contributed by atoms with van der Waals surface area (Å²) in [5.41, 5.74) is 0. The van der Waals surface area contributed by atoms with E-state index in [0.29, 0.717) is 0 Å². The first kappa shape index (κ1) is 5.24. The third-order valence-electron chi connectivity index (χ3n) is 0.822. The van der Waals surface area contributed by atoms with E-state index in [-0.39, 0.29) is 0 Å². The standard InChI is InChI=1S/C3H6NO2Si/c7-6-4-2-1-3-5-4/h1-3H2. The van der Waals surface area contributed by atoms with E-state index in [0.717, 1.165) is 19.6 Å². The average Bonchev–Trinajstić information content (AvgIpc) is 2.14. The fraction of sp³-hybridized carbons (Fsp3) is 1.00. The summed E-state index contributed by atoms with van der Waals surface area (Å²) in [4.78, 5) is 4.86. The van der Waals surface area contributed by atoms with Crippen molar-refractivity contribution in [3.05, 3.63) is 0 Å². The first-order valence-electron chi connectivity index (χ1n) is 2.17. The van der Waals surface area contributed by atoms with E-state index < -0.39 is 0 Å². The van der Waals surface area contributed by atoms with Crippen LogP contribution >= 0.6 is 0 Å². The van der Waals surface area contributed by atoms with Gasteiger partial charge in [-0.1, -0.05) is 5.23 Å². The van der Waals surface area contributed by atoms with Crippen LogP contribution < -0.4 is 0 Å². The molecule has 0 amide bonds. The minimum atomic E-state index is 0.768. The number of rotatable bonds is 1. The summed E-state index contributed by atoms with van der Waals surface area (Å²) in [5.74, 6) is 0. The Morgan fingerprint density at radius 1 is 1.71 bits per heavy atom. The summed E-state index contributed by atoms with van der Waals surface area (Å²) >= 11 is 0. The molecule has 1 aliphatic rings. The Labute approximate surface area is 45.7 Å². The van der Waals surface area contributed by atoms with Crippen LogP contribution in [0.2, 0.25) is 0 Å². The molecule has 0 saturated carbocycles. The second-order valence-corrected chi connectivity index (χ2v) is 1.52. The Morgan fingerprint density at radius 3 is 2.86 bits per heavy atom. The summed E-state index contributed by atoms with van der Waals surface area (Å²) in [6.07, 6.45) is 1.05. The van der Waals surface area contributed by atoms with Crippen molar-refractivity contribution in [3.63, 3.8) is 0 Å². The monoisotopic (exact) mass is 116 g/mol. The molecule has 7 heavy (non-hydrogen) atoms. The van der Waals surface area contributed by atoms with Crippen molar-refractivity contribution in [2.75, 3.05) is 13.2 Å². The van der Waals surface area contributed by atoms with Gasteiger partial charge < -0.3 is 4.53 Å². The van der Waals surface area contributed by atoms with Gasteiger partial charge in [-0.05, 0) is 6.42 Å². The van der Waals surface area contributed by atoms with Crippen LogP contribution in [0.1, 0.15) is 6.42 Å². The molecule has 39 valence electrons. The molecule has 0 aromatic heterocycles. The minimum absolute atomic E-state index is 0.768. The van der Waals surface area contributed by atoms with E-state index in [9.17, 15) is 0 Å². The van der Waals surface area contributed by atoms with Crippen LogP contribution in [0.3, 0.4) is 0 Å². The van der Waals surface area contributed by atoms with Crippen LogP contribution in [-0.2, 0) is 9.36 Å². The Morgan fingerprint density at radius 2 is 2.57 bits per heavy atom. The number of hydrogen-bond donors (Lipinski definition) is 0. The Kier molecular flexibility index (Phi) is 1.81. The van der Waals surface area contributed by atoms with Gasteiger partial charge >= 0.3 is 0 Å². The van der Waals surface area contributed by atoms with Gasteiger partial charge in [-0.2, -0.15) is 0 Å². The Bertz CT molecular complexity index is 54.9. The van der Waals surface area contributed by atoms with Crippen molar-refractivity contribution >= 4 is 10.5 Å². The van der Waals surface area contributed by atoms with Gasteiger partial charge in [0.2, 0.25) is 0 Å². The van der Waals surface area contributed by atoms with Gasteiger partial charge in [0.25, 0.3) is 10.5 Å². The summed E-state index contributed by atoms with van der Waals surface area (Å²) < 4.78 is 4.53. The molecule has 0 atom stereocenters. The smallest absolute Gasteiger partial charge is 0.284 e. The van der Waals surface area contributed by atoms with Crippen molar-refractivity contribution in [2.45, 2.75) is 6.42 Å². The van der Waals surface area contributed by atoms with Gasteiger partial charge in [0.05, 0.1) is 13.2 Å². The number of hydrogen-bond acceptors (Lipinski definition) is 3. The molecular formula is C3H6NO2Si. The van der Waals surface area contributed by atoms with Crippen LogP contribution in [0.15, 0.2) is 0 Å². The third-order valence-corrected chi connectivity index (χ3v) is 1.03. The molecule has 0 bridgehead atoms. The highest BCUT2D eigenvalue weighted by Crippen LogP contribution is 2.01. The lowest BCUT2D eigenvalue weighted by Crippen LogP contribution is -2.15. The lowest BCUT2D eigenvalue weighted by molar-refractivity contribution is -0.283. The molecule has 3 nitrogen and oxygen atoms in total. The van der Waals surface area contributed by atoms with Crippen LogP contribution in [-0.4, -0.2) is 28.9 Å². The van der Waals surface area contributed by atoms with Crippen LogP contribution in [0.4, 0.5) is 0 Å². The van der Waals surface area contributed by atoms with E-state index in [2.05, 4.69) is 15.0 Å². The number of hydroxylamine groups is 2. The highest BCUT2D eigenvalue weighted by atomic mass is 28.2. The van der Waals surface area contributed by atoms with Crippen LogP contribution in [0.25, 0.3) is 0 Å². The lowest BCUT2D eigenvalue weighted by Gasteiger charge is -2.07. The largest absolute Gasteiger partial charge is 0.323 e. The predicted molar refractivity (Wildman–Crippen MR) is 24.1 cm³/mol. The molecule has 1 saturated heterocycles. The van der Waals surface area contributed by atoms with Gasteiger partial charge in [-0.25, -0.2) is 0 Å².